The molecule has 0 saturated heterocycles. The Bertz CT molecular complexity index is 1210. The number of benzene rings is 2. The summed E-state index contributed by atoms with van der Waals surface area (Å²) in [5.41, 5.74) is 1.64. The number of unbranched alkanes of at least 4 members (excludes halogenated alkanes) is 2. The lowest BCUT2D eigenvalue weighted by Crippen LogP contribution is -2.32. The lowest BCUT2D eigenvalue weighted by Gasteiger charge is -2.18. The van der Waals surface area contributed by atoms with Crippen molar-refractivity contribution in [2.75, 3.05) is 0 Å². The molecule has 0 bridgehead atoms. The van der Waals surface area contributed by atoms with Crippen LogP contribution in [0.1, 0.15) is 42.3 Å². The summed E-state index contributed by atoms with van der Waals surface area (Å²) in [6.45, 7) is 3.87. The van der Waals surface area contributed by atoms with Gasteiger partial charge in [-0.05, 0) is 37.0 Å². The van der Waals surface area contributed by atoms with Crippen LogP contribution in [-0.2, 0) is 27.7 Å². The van der Waals surface area contributed by atoms with E-state index in [1.165, 1.54) is 23.6 Å². The predicted octanol–water partition coefficient (Wildman–Crippen LogP) is 4.31. The molecular formula is C23H26N2O5S2. The molecule has 0 atom stereocenters. The fraction of sp³-hybridized carbons (Fsp3) is 0.304. The van der Waals surface area contributed by atoms with E-state index in [9.17, 15) is 23.4 Å². The third-order valence-corrected chi connectivity index (χ3v) is 7.25. The van der Waals surface area contributed by atoms with Gasteiger partial charge in [0.25, 0.3) is 10.0 Å². The van der Waals surface area contributed by atoms with Crippen molar-refractivity contribution in [2.24, 2.45) is 0 Å². The number of hydrogen-bond donors (Lipinski definition) is 3. The number of nitrogens with one attached hydrogen (secondary N) is 1. The number of thiazole rings is 1. The Labute approximate surface area is 191 Å². The molecule has 0 saturated carbocycles. The van der Waals surface area contributed by atoms with E-state index in [-0.39, 0.29) is 28.2 Å². The van der Waals surface area contributed by atoms with Gasteiger partial charge in [0.2, 0.25) is 5.91 Å². The van der Waals surface area contributed by atoms with E-state index in [0.29, 0.717) is 23.4 Å². The summed E-state index contributed by atoms with van der Waals surface area (Å²) in [6, 6.07) is 8.39. The van der Waals surface area contributed by atoms with Crippen LogP contribution in [0.2, 0.25) is 0 Å². The second-order valence-corrected chi connectivity index (χ2v) is 10.2. The molecule has 3 N–H and O–H groups in total. The molecule has 32 heavy (non-hydrogen) atoms. The normalized spacial score (nSPS) is 11.4. The average molecular weight is 475 g/mol. The number of nitrogens with zero attached hydrogens (tertiary/aromatic N) is 1. The first-order valence-electron chi connectivity index (χ1n) is 10.3. The molecule has 0 aliphatic heterocycles. The van der Waals surface area contributed by atoms with Crippen molar-refractivity contribution in [1.82, 2.24) is 9.71 Å². The Kier molecular flexibility index (Phi) is 7.52. The van der Waals surface area contributed by atoms with Gasteiger partial charge in [0.15, 0.2) is 0 Å². The second kappa shape index (κ2) is 10.1. The van der Waals surface area contributed by atoms with Gasteiger partial charge in [-0.2, -0.15) is 0 Å². The zero-order valence-electron chi connectivity index (χ0n) is 18.0. The average Bonchev–Trinajstić information content (AvgIpc) is 3.20. The molecule has 0 fully saturated rings. The molecule has 3 aromatic rings. The van der Waals surface area contributed by atoms with Crippen LogP contribution in [-0.4, -0.2) is 29.5 Å². The quantitative estimate of drug-likeness (QED) is 0.398. The van der Waals surface area contributed by atoms with Crippen molar-refractivity contribution in [3.63, 3.8) is 0 Å². The summed E-state index contributed by atoms with van der Waals surface area (Å²) < 4.78 is 28.5. The first-order chi connectivity index (χ1) is 15.2. The minimum absolute atomic E-state index is 0.0145. The fourth-order valence-corrected chi connectivity index (χ4v) is 5.49. The molecule has 0 aliphatic rings. The van der Waals surface area contributed by atoms with E-state index < -0.39 is 21.7 Å². The van der Waals surface area contributed by atoms with Crippen LogP contribution in [0.4, 0.5) is 0 Å². The molecule has 1 heterocycles. The van der Waals surface area contributed by atoms with Gasteiger partial charge in [-0.1, -0.05) is 49.6 Å². The van der Waals surface area contributed by atoms with Crippen LogP contribution in [0.5, 0.6) is 11.5 Å². The summed E-state index contributed by atoms with van der Waals surface area (Å²) in [5.74, 6) is -1.53. The van der Waals surface area contributed by atoms with Crippen LogP contribution >= 0.6 is 11.3 Å². The van der Waals surface area contributed by atoms with Crippen molar-refractivity contribution in [2.45, 2.75) is 50.8 Å². The first-order valence-corrected chi connectivity index (χ1v) is 12.7. The van der Waals surface area contributed by atoms with E-state index in [0.717, 1.165) is 18.4 Å². The highest BCUT2D eigenvalue weighted by Gasteiger charge is 2.29. The molecule has 1 aromatic heterocycles. The first kappa shape index (κ1) is 23.7. The summed E-state index contributed by atoms with van der Waals surface area (Å²) in [4.78, 5) is 16.0. The fourth-order valence-electron chi connectivity index (χ4n) is 3.54. The molecule has 3 rings (SSSR count). The maximum atomic E-state index is 13.2. The number of rotatable bonds is 9. The van der Waals surface area contributed by atoms with Gasteiger partial charge in [-0.25, -0.2) is 18.1 Å². The minimum Gasteiger partial charge on any atom is -0.507 e. The molecule has 0 unspecified atom stereocenters. The van der Waals surface area contributed by atoms with Crippen LogP contribution < -0.4 is 4.72 Å². The SMILES string of the molecule is CCCCCc1cc(O)c(-c2cccc(C)c2)c(O)c1S(=O)(=O)NC(=O)Cc1nccs1. The van der Waals surface area contributed by atoms with E-state index >= 15 is 0 Å². The minimum atomic E-state index is -4.40. The predicted molar refractivity (Wildman–Crippen MR) is 124 cm³/mol. The van der Waals surface area contributed by atoms with Gasteiger partial charge < -0.3 is 10.2 Å². The van der Waals surface area contributed by atoms with Crippen molar-refractivity contribution < 1.29 is 23.4 Å². The van der Waals surface area contributed by atoms with E-state index in [1.807, 2.05) is 19.9 Å². The Morgan fingerprint density at radius 1 is 1.19 bits per heavy atom. The molecular weight excluding hydrogens is 448 g/mol. The van der Waals surface area contributed by atoms with Gasteiger partial charge in [-0.15, -0.1) is 11.3 Å². The van der Waals surface area contributed by atoms with Crippen LogP contribution in [0.3, 0.4) is 0 Å². The molecule has 0 spiro atoms. The molecule has 0 radical (unpaired) electrons. The third-order valence-electron chi connectivity index (χ3n) is 4.98. The lowest BCUT2D eigenvalue weighted by atomic mass is 9.97. The maximum Gasteiger partial charge on any atom is 0.268 e. The highest BCUT2D eigenvalue weighted by molar-refractivity contribution is 7.90. The highest BCUT2D eigenvalue weighted by atomic mass is 32.2. The number of phenols is 2. The molecule has 170 valence electrons. The Balaban J connectivity index is 2.07. The standard InChI is InChI=1S/C23H26N2O5S2/c1-3-4-5-8-17-13-18(26)21(16-9-6-7-15(2)12-16)22(28)23(17)32(29,30)25-19(27)14-20-24-10-11-31-20/h6-7,9-13,26,28H,3-5,8,14H2,1-2H3,(H,25,27). The third kappa shape index (κ3) is 5.46. The molecule has 2 aromatic carbocycles. The highest BCUT2D eigenvalue weighted by Crippen LogP contribution is 2.44. The van der Waals surface area contributed by atoms with Crippen molar-refractivity contribution >= 4 is 27.3 Å². The van der Waals surface area contributed by atoms with Crippen LogP contribution in [0.25, 0.3) is 11.1 Å². The van der Waals surface area contributed by atoms with Gasteiger partial charge in [0, 0.05) is 11.6 Å². The van der Waals surface area contributed by atoms with Gasteiger partial charge >= 0.3 is 0 Å². The van der Waals surface area contributed by atoms with Crippen LogP contribution in [0.15, 0.2) is 46.8 Å². The number of sulfonamides is 1. The van der Waals surface area contributed by atoms with Crippen molar-refractivity contribution in [3.05, 3.63) is 58.0 Å². The van der Waals surface area contributed by atoms with Crippen molar-refractivity contribution in [1.29, 1.82) is 0 Å². The topological polar surface area (TPSA) is 117 Å². The monoisotopic (exact) mass is 474 g/mol. The summed E-state index contributed by atoms with van der Waals surface area (Å²) >= 11 is 1.25. The Morgan fingerprint density at radius 3 is 2.62 bits per heavy atom. The van der Waals surface area contributed by atoms with E-state index in [4.69, 9.17) is 0 Å². The number of hydrogen-bond acceptors (Lipinski definition) is 7. The maximum absolute atomic E-state index is 13.2. The lowest BCUT2D eigenvalue weighted by molar-refractivity contribution is -0.118. The Hall–Kier alpha value is -2.91. The zero-order valence-corrected chi connectivity index (χ0v) is 19.6. The summed E-state index contributed by atoms with van der Waals surface area (Å²) in [7, 11) is -4.40. The smallest absolute Gasteiger partial charge is 0.268 e. The second-order valence-electron chi connectivity index (χ2n) is 7.57. The number of carbonyl (C=O) groups excluding carboxylic acids is 1. The molecule has 7 nitrogen and oxygen atoms in total. The number of phenolic OH excluding ortho intramolecular Hbond substituents is 2. The number of amides is 1. The number of aromatic hydroxyl groups is 2. The molecule has 0 aliphatic carbocycles. The Morgan fingerprint density at radius 2 is 1.97 bits per heavy atom. The van der Waals surface area contributed by atoms with E-state index in [1.54, 1.807) is 23.6 Å². The number of carbonyl (C=O) groups is 1. The molecule has 1 amide bonds. The van der Waals surface area contributed by atoms with Crippen LogP contribution in [0, 0.1) is 6.92 Å². The van der Waals surface area contributed by atoms with Gasteiger partial charge in [-0.3, -0.25) is 4.79 Å². The van der Waals surface area contributed by atoms with E-state index in [2.05, 4.69) is 9.71 Å². The van der Waals surface area contributed by atoms with Gasteiger partial charge in [0.1, 0.15) is 21.4 Å². The summed E-state index contributed by atoms with van der Waals surface area (Å²) in [5, 5.41) is 23.9. The summed E-state index contributed by atoms with van der Waals surface area (Å²) in [6.07, 6.45) is 4.14. The van der Waals surface area contributed by atoms with Gasteiger partial charge in [0.05, 0.1) is 12.0 Å². The number of aryl methyl sites for hydroxylation is 2. The number of aromatic nitrogens is 1. The largest absolute Gasteiger partial charge is 0.507 e. The van der Waals surface area contributed by atoms with Crippen molar-refractivity contribution in [3.8, 4) is 22.6 Å². The molecule has 9 heteroatoms. The zero-order chi connectivity index (χ0) is 23.3.